The smallest absolute Gasteiger partial charge is 0.191 e. The molecule has 0 aromatic carbocycles. The molecule has 3 aliphatic rings. The molecule has 7 heteroatoms. The second-order valence-electron chi connectivity index (χ2n) is 8.24. The molecule has 164 valence electrons. The molecular formula is C21H41IN4O2. The fraction of sp³-hybridized carbons (Fsp3) is 0.952. The molecule has 2 heterocycles. The van der Waals surface area contributed by atoms with E-state index in [9.17, 15) is 0 Å². The summed E-state index contributed by atoms with van der Waals surface area (Å²) in [5, 5.41) is 7.07. The SMILES string of the molecule is CCNC(=NCCOCC1CCCO1)NC1CCCN(C2CCCCC2)C1.I. The molecule has 0 aromatic rings. The van der Waals surface area contributed by atoms with Gasteiger partial charge in [0.05, 0.1) is 25.9 Å². The molecule has 0 bridgehead atoms. The van der Waals surface area contributed by atoms with E-state index >= 15 is 0 Å². The molecule has 2 aliphatic heterocycles. The van der Waals surface area contributed by atoms with Gasteiger partial charge in [0.2, 0.25) is 0 Å². The molecule has 28 heavy (non-hydrogen) atoms. The van der Waals surface area contributed by atoms with Gasteiger partial charge in [-0.25, -0.2) is 0 Å². The van der Waals surface area contributed by atoms with Crippen molar-refractivity contribution in [2.45, 2.75) is 82.9 Å². The van der Waals surface area contributed by atoms with Gasteiger partial charge in [0.1, 0.15) is 0 Å². The van der Waals surface area contributed by atoms with Crippen LogP contribution in [-0.2, 0) is 9.47 Å². The standard InChI is InChI=1S/C21H40N4O2.HI/c1-2-22-21(23-12-15-26-17-20-11-7-14-27-20)24-18-8-6-13-25(16-18)19-9-4-3-5-10-19;/h18-20H,2-17H2,1H3,(H2,22,23,24);1H. The van der Waals surface area contributed by atoms with Gasteiger partial charge in [-0.2, -0.15) is 0 Å². The first-order chi connectivity index (χ1) is 13.3. The van der Waals surface area contributed by atoms with Crippen LogP contribution in [0.2, 0.25) is 0 Å². The van der Waals surface area contributed by atoms with E-state index in [0.717, 1.165) is 38.1 Å². The van der Waals surface area contributed by atoms with Crippen molar-refractivity contribution in [2.24, 2.45) is 4.99 Å². The van der Waals surface area contributed by atoms with E-state index in [4.69, 9.17) is 14.5 Å². The lowest BCUT2D eigenvalue weighted by Crippen LogP contribution is -2.53. The van der Waals surface area contributed by atoms with E-state index in [1.807, 2.05) is 0 Å². The third-order valence-corrected chi connectivity index (χ3v) is 6.06. The van der Waals surface area contributed by atoms with Crippen LogP contribution in [0.25, 0.3) is 0 Å². The maximum Gasteiger partial charge on any atom is 0.191 e. The lowest BCUT2D eigenvalue weighted by atomic mass is 9.92. The fourth-order valence-electron chi connectivity index (χ4n) is 4.63. The molecule has 3 fully saturated rings. The van der Waals surface area contributed by atoms with Crippen LogP contribution >= 0.6 is 24.0 Å². The minimum atomic E-state index is 0. The first kappa shape index (κ1) is 24.2. The van der Waals surface area contributed by atoms with Crippen molar-refractivity contribution >= 4 is 29.9 Å². The predicted octanol–water partition coefficient (Wildman–Crippen LogP) is 3.15. The van der Waals surface area contributed by atoms with Crippen LogP contribution in [0.1, 0.15) is 64.7 Å². The number of piperidine rings is 1. The number of nitrogens with zero attached hydrogens (tertiary/aromatic N) is 2. The highest BCUT2D eigenvalue weighted by Gasteiger charge is 2.27. The number of hydrogen-bond acceptors (Lipinski definition) is 4. The van der Waals surface area contributed by atoms with Crippen molar-refractivity contribution < 1.29 is 9.47 Å². The summed E-state index contributed by atoms with van der Waals surface area (Å²) >= 11 is 0. The Morgan fingerprint density at radius 3 is 2.71 bits per heavy atom. The van der Waals surface area contributed by atoms with E-state index in [1.165, 1.54) is 57.9 Å². The van der Waals surface area contributed by atoms with Gasteiger partial charge in [0.15, 0.2) is 5.96 Å². The van der Waals surface area contributed by atoms with Crippen molar-refractivity contribution in [1.82, 2.24) is 15.5 Å². The van der Waals surface area contributed by atoms with E-state index in [1.54, 1.807) is 0 Å². The van der Waals surface area contributed by atoms with Gasteiger partial charge in [0.25, 0.3) is 0 Å². The lowest BCUT2D eigenvalue weighted by Gasteiger charge is -2.40. The van der Waals surface area contributed by atoms with E-state index in [2.05, 4.69) is 22.5 Å². The summed E-state index contributed by atoms with van der Waals surface area (Å²) < 4.78 is 11.3. The maximum atomic E-state index is 5.74. The van der Waals surface area contributed by atoms with Gasteiger partial charge in [-0.3, -0.25) is 9.89 Å². The predicted molar refractivity (Wildman–Crippen MR) is 126 cm³/mol. The average molecular weight is 508 g/mol. The van der Waals surface area contributed by atoms with Crippen molar-refractivity contribution in [3.8, 4) is 0 Å². The summed E-state index contributed by atoms with van der Waals surface area (Å²) in [5.74, 6) is 0.939. The van der Waals surface area contributed by atoms with Gasteiger partial charge in [0, 0.05) is 31.8 Å². The van der Waals surface area contributed by atoms with Crippen LogP contribution in [0, 0.1) is 0 Å². The fourth-order valence-corrected chi connectivity index (χ4v) is 4.63. The van der Waals surface area contributed by atoms with Gasteiger partial charge in [-0.1, -0.05) is 19.3 Å². The van der Waals surface area contributed by atoms with Crippen LogP contribution in [0.3, 0.4) is 0 Å². The van der Waals surface area contributed by atoms with Crippen LogP contribution in [-0.4, -0.2) is 75.0 Å². The molecule has 3 rings (SSSR count). The minimum absolute atomic E-state index is 0. The van der Waals surface area contributed by atoms with Crippen molar-refractivity contribution in [2.75, 3.05) is 46.0 Å². The number of guanidine groups is 1. The molecule has 2 saturated heterocycles. The Labute approximate surface area is 188 Å². The summed E-state index contributed by atoms with van der Waals surface area (Å²) in [6.45, 7) is 8.40. The number of aliphatic imine (C=N–C) groups is 1. The largest absolute Gasteiger partial charge is 0.377 e. The Kier molecular flexibility index (Phi) is 12.1. The Bertz CT molecular complexity index is 440. The molecule has 1 aliphatic carbocycles. The third kappa shape index (κ3) is 8.32. The number of halogens is 1. The molecule has 1 saturated carbocycles. The molecule has 2 N–H and O–H groups in total. The van der Waals surface area contributed by atoms with E-state index in [-0.39, 0.29) is 24.0 Å². The molecule has 0 radical (unpaired) electrons. The average Bonchev–Trinajstić information content (AvgIpc) is 3.22. The van der Waals surface area contributed by atoms with Gasteiger partial charge >= 0.3 is 0 Å². The minimum Gasteiger partial charge on any atom is -0.377 e. The zero-order valence-corrected chi connectivity index (χ0v) is 20.0. The molecular weight excluding hydrogens is 467 g/mol. The Hall–Kier alpha value is -0.120. The molecule has 6 nitrogen and oxygen atoms in total. The first-order valence-corrected chi connectivity index (χ1v) is 11.3. The highest BCUT2D eigenvalue weighted by Crippen LogP contribution is 2.25. The molecule has 0 amide bonds. The summed E-state index contributed by atoms with van der Waals surface area (Å²) in [4.78, 5) is 7.45. The lowest BCUT2D eigenvalue weighted by molar-refractivity contribution is 0.0200. The molecule has 0 aromatic heterocycles. The van der Waals surface area contributed by atoms with Crippen LogP contribution < -0.4 is 10.6 Å². The van der Waals surface area contributed by atoms with Gasteiger partial charge in [-0.15, -0.1) is 24.0 Å². The van der Waals surface area contributed by atoms with Crippen molar-refractivity contribution in [3.63, 3.8) is 0 Å². The number of nitrogens with one attached hydrogen (secondary N) is 2. The molecule has 0 spiro atoms. The second kappa shape index (κ2) is 14.0. The zero-order valence-electron chi connectivity index (χ0n) is 17.7. The number of likely N-dealkylation sites (tertiary alicyclic amines) is 1. The van der Waals surface area contributed by atoms with Crippen LogP contribution in [0.15, 0.2) is 4.99 Å². The van der Waals surface area contributed by atoms with Gasteiger partial charge < -0.3 is 20.1 Å². The highest BCUT2D eigenvalue weighted by molar-refractivity contribution is 14.0. The normalized spacial score (nSPS) is 27.4. The van der Waals surface area contributed by atoms with Gasteiger partial charge in [-0.05, 0) is 52.0 Å². The summed E-state index contributed by atoms with van der Waals surface area (Å²) in [7, 11) is 0. The topological polar surface area (TPSA) is 58.1 Å². The first-order valence-electron chi connectivity index (χ1n) is 11.3. The maximum absolute atomic E-state index is 5.74. The monoisotopic (exact) mass is 508 g/mol. The molecule has 2 atom stereocenters. The summed E-state index contributed by atoms with van der Waals surface area (Å²) in [6, 6.07) is 1.32. The van der Waals surface area contributed by atoms with E-state index < -0.39 is 0 Å². The Morgan fingerprint density at radius 1 is 1.11 bits per heavy atom. The Morgan fingerprint density at radius 2 is 1.96 bits per heavy atom. The number of ether oxygens (including phenoxy) is 2. The number of hydrogen-bond donors (Lipinski definition) is 2. The highest BCUT2D eigenvalue weighted by atomic mass is 127. The third-order valence-electron chi connectivity index (χ3n) is 6.06. The van der Waals surface area contributed by atoms with E-state index in [0.29, 0.717) is 31.9 Å². The summed E-state index contributed by atoms with van der Waals surface area (Å²) in [6.07, 6.45) is 12.2. The quantitative estimate of drug-likeness (QED) is 0.228. The Balaban J connectivity index is 0.00000280. The molecule has 2 unspecified atom stereocenters. The van der Waals surface area contributed by atoms with Crippen molar-refractivity contribution in [1.29, 1.82) is 0 Å². The number of rotatable bonds is 8. The van der Waals surface area contributed by atoms with Crippen molar-refractivity contribution in [3.05, 3.63) is 0 Å². The van der Waals surface area contributed by atoms with Crippen LogP contribution in [0.4, 0.5) is 0 Å². The second-order valence-corrected chi connectivity index (χ2v) is 8.24. The summed E-state index contributed by atoms with van der Waals surface area (Å²) in [5.41, 5.74) is 0. The zero-order chi connectivity index (χ0) is 18.7. The van der Waals surface area contributed by atoms with Crippen LogP contribution in [0.5, 0.6) is 0 Å².